The van der Waals surface area contributed by atoms with Crippen LogP contribution in [0.2, 0.25) is 0 Å². The van der Waals surface area contributed by atoms with Gasteiger partial charge >= 0.3 is 12.0 Å². The topological polar surface area (TPSA) is 108 Å². The van der Waals surface area contributed by atoms with E-state index in [0.717, 1.165) is 16.7 Å². The normalized spacial score (nSPS) is 12.1. The minimum absolute atomic E-state index is 0.0608. The second kappa shape index (κ2) is 12.9. The number of amides is 3. The van der Waals surface area contributed by atoms with E-state index in [2.05, 4.69) is 5.32 Å². The molecule has 0 aliphatic rings. The average Bonchev–Trinajstić information content (AvgIpc) is 2.80. The maximum atomic E-state index is 13.1. The highest BCUT2D eigenvalue weighted by atomic mass is 16.6. The summed E-state index contributed by atoms with van der Waals surface area (Å²) in [6.45, 7) is 9.71. The average molecular weight is 484 g/mol. The molecule has 2 rings (SSSR count). The van der Waals surface area contributed by atoms with E-state index in [1.807, 2.05) is 68.4 Å². The summed E-state index contributed by atoms with van der Waals surface area (Å²) in [5, 5.41) is 11.6. The summed E-state index contributed by atoms with van der Waals surface area (Å²) in [6, 6.07) is 16.4. The van der Waals surface area contributed by atoms with E-state index in [4.69, 9.17) is 9.94 Å². The maximum absolute atomic E-state index is 13.1. The van der Waals surface area contributed by atoms with Crippen molar-refractivity contribution < 1.29 is 24.3 Å². The molecule has 0 saturated heterocycles. The standard InChI is InChI=1S/C27H37N3O5/c1-19(2)18-30(16-15-24(31)29-34)26(33)28-23(25(32)35-27(3,4)5)17-20-11-13-22(14-12-20)21-9-7-6-8-10-21/h6-14,19,23,34H,15-18H2,1-5H3,(H,28,33)(H,29,31)/t23-/m0/s1. The highest BCUT2D eigenvalue weighted by Gasteiger charge is 2.29. The molecule has 2 aromatic carbocycles. The van der Waals surface area contributed by atoms with Crippen LogP contribution in [0, 0.1) is 5.92 Å². The van der Waals surface area contributed by atoms with Crippen molar-refractivity contribution in [2.75, 3.05) is 13.1 Å². The minimum atomic E-state index is -0.911. The molecule has 0 aromatic heterocycles. The highest BCUT2D eigenvalue weighted by molar-refractivity contribution is 5.84. The Morgan fingerprint density at radius 1 is 0.971 bits per heavy atom. The SMILES string of the molecule is CC(C)CN(CCC(=O)NO)C(=O)N[C@@H](Cc1ccc(-c2ccccc2)cc1)C(=O)OC(C)(C)C. The number of hydrogen-bond acceptors (Lipinski definition) is 5. The molecule has 0 fully saturated rings. The van der Waals surface area contributed by atoms with Gasteiger partial charge in [0.2, 0.25) is 5.91 Å². The zero-order valence-electron chi connectivity index (χ0n) is 21.2. The zero-order valence-corrected chi connectivity index (χ0v) is 21.2. The molecule has 8 nitrogen and oxygen atoms in total. The number of ether oxygens (including phenoxy) is 1. The van der Waals surface area contributed by atoms with E-state index in [1.54, 1.807) is 26.3 Å². The quantitative estimate of drug-likeness (QED) is 0.267. The second-order valence-corrected chi connectivity index (χ2v) is 9.93. The Morgan fingerprint density at radius 2 is 1.57 bits per heavy atom. The fraction of sp³-hybridized carbons (Fsp3) is 0.444. The molecule has 35 heavy (non-hydrogen) atoms. The molecule has 0 heterocycles. The number of esters is 1. The molecule has 0 unspecified atom stereocenters. The third-order valence-electron chi connectivity index (χ3n) is 5.10. The molecule has 8 heteroatoms. The molecule has 1 atom stereocenters. The van der Waals surface area contributed by atoms with Crippen molar-refractivity contribution in [2.45, 2.75) is 59.1 Å². The Morgan fingerprint density at radius 3 is 2.11 bits per heavy atom. The Balaban J connectivity index is 2.20. The molecule has 0 aliphatic carbocycles. The second-order valence-electron chi connectivity index (χ2n) is 9.93. The summed E-state index contributed by atoms with van der Waals surface area (Å²) < 4.78 is 5.57. The lowest BCUT2D eigenvalue weighted by atomic mass is 10.0. The van der Waals surface area contributed by atoms with Crippen LogP contribution in [0.25, 0.3) is 11.1 Å². The number of nitrogens with zero attached hydrogens (tertiary/aromatic N) is 1. The van der Waals surface area contributed by atoms with E-state index in [0.29, 0.717) is 6.54 Å². The monoisotopic (exact) mass is 483 g/mol. The van der Waals surface area contributed by atoms with Gasteiger partial charge in [-0.1, -0.05) is 68.4 Å². The van der Waals surface area contributed by atoms with Crippen molar-refractivity contribution in [3.05, 3.63) is 60.2 Å². The fourth-order valence-corrected chi connectivity index (χ4v) is 3.52. The molecule has 2 aromatic rings. The lowest BCUT2D eigenvalue weighted by Gasteiger charge is -2.29. The summed E-state index contributed by atoms with van der Waals surface area (Å²) in [5.41, 5.74) is 3.88. The lowest BCUT2D eigenvalue weighted by Crippen LogP contribution is -2.51. The number of carbonyl (C=O) groups is 3. The Labute approximate surface area is 207 Å². The van der Waals surface area contributed by atoms with Gasteiger partial charge in [0.25, 0.3) is 0 Å². The smallest absolute Gasteiger partial charge is 0.329 e. The number of nitrogens with one attached hydrogen (secondary N) is 2. The van der Waals surface area contributed by atoms with Crippen LogP contribution in [-0.4, -0.2) is 52.7 Å². The van der Waals surface area contributed by atoms with Crippen LogP contribution in [0.1, 0.15) is 46.6 Å². The number of rotatable bonds is 10. The largest absolute Gasteiger partial charge is 0.458 e. The fourth-order valence-electron chi connectivity index (χ4n) is 3.52. The van der Waals surface area contributed by atoms with Crippen molar-refractivity contribution in [1.82, 2.24) is 15.7 Å². The van der Waals surface area contributed by atoms with Gasteiger partial charge in [-0.05, 0) is 43.4 Å². The van der Waals surface area contributed by atoms with E-state index >= 15 is 0 Å². The lowest BCUT2D eigenvalue weighted by molar-refractivity contribution is -0.157. The molecule has 3 N–H and O–H groups in total. The number of hydroxylamine groups is 1. The number of hydrogen-bond donors (Lipinski definition) is 3. The van der Waals surface area contributed by atoms with Crippen LogP contribution < -0.4 is 10.8 Å². The van der Waals surface area contributed by atoms with Crippen molar-refractivity contribution in [1.29, 1.82) is 0 Å². The summed E-state index contributed by atoms with van der Waals surface area (Å²) >= 11 is 0. The van der Waals surface area contributed by atoms with Crippen LogP contribution in [-0.2, 0) is 20.7 Å². The third kappa shape index (κ3) is 9.78. The van der Waals surface area contributed by atoms with Crippen molar-refractivity contribution in [3.63, 3.8) is 0 Å². The van der Waals surface area contributed by atoms with Gasteiger partial charge in [0, 0.05) is 25.9 Å². The van der Waals surface area contributed by atoms with Gasteiger partial charge < -0.3 is 15.0 Å². The van der Waals surface area contributed by atoms with Gasteiger partial charge in [-0.3, -0.25) is 10.0 Å². The first-order valence-electron chi connectivity index (χ1n) is 11.8. The predicted molar refractivity (Wildman–Crippen MR) is 135 cm³/mol. The molecule has 3 amide bonds. The Kier molecular flexibility index (Phi) is 10.3. The molecule has 0 aliphatic heterocycles. The minimum Gasteiger partial charge on any atom is -0.458 e. The Hall–Kier alpha value is -3.39. The molecule has 0 saturated carbocycles. The summed E-state index contributed by atoms with van der Waals surface area (Å²) in [6.07, 6.45) is 0.192. The summed E-state index contributed by atoms with van der Waals surface area (Å²) in [4.78, 5) is 39.1. The third-order valence-corrected chi connectivity index (χ3v) is 5.10. The van der Waals surface area contributed by atoms with Gasteiger partial charge in [-0.2, -0.15) is 0 Å². The first-order chi connectivity index (χ1) is 16.5. The number of carbonyl (C=O) groups excluding carboxylic acids is 3. The van der Waals surface area contributed by atoms with Crippen LogP contribution in [0.4, 0.5) is 4.79 Å². The van der Waals surface area contributed by atoms with Crippen molar-refractivity contribution in [2.24, 2.45) is 5.92 Å². The summed E-state index contributed by atoms with van der Waals surface area (Å²) in [5.74, 6) is -0.979. The van der Waals surface area contributed by atoms with E-state index in [1.165, 1.54) is 4.90 Å². The first kappa shape index (κ1) is 27.9. The molecule has 0 radical (unpaired) electrons. The van der Waals surface area contributed by atoms with Gasteiger partial charge in [-0.25, -0.2) is 15.1 Å². The maximum Gasteiger partial charge on any atom is 0.329 e. The number of urea groups is 1. The zero-order chi connectivity index (χ0) is 26.0. The molecule has 0 spiro atoms. The predicted octanol–water partition coefficient (Wildman–Crippen LogP) is 4.17. The molecule has 0 bridgehead atoms. The molecular weight excluding hydrogens is 446 g/mol. The van der Waals surface area contributed by atoms with Crippen molar-refractivity contribution in [3.8, 4) is 11.1 Å². The molecular formula is C27H37N3O5. The van der Waals surface area contributed by atoms with Gasteiger partial charge in [-0.15, -0.1) is 0 Å². The summed E-state index contributed by atoms with van der Waals surface area (Å²) in [7, 11) is 0. The van der Waals surface area contributed by atoms with E-state index in [9.17, 15) is 14.4 Å². The highest BCUT2D eigenvalue weighted by Crippen LogP contribution is 2.20. The van der Waals surface area contributed by atoms with Crippen molar-refractivity contribution >= 4 is 17.9 Å². The van der Waals surface area contributed by atoms with Gasteiger partial charge in [0.05, 0.1) is 0 Å². The van der Waals surface area contributed by atoms with Gasteiger partial charge in [0.15, 0.2) is 0 Å². The first-order valence-corrected chi connectivity index (χ1v) is 11.8. The van der Waals surface area contributed by atoms with Crippen LogP contribution >= 0.6 is 0 Å². The van der Waals surface area contributed by atoms with Gasteiger partial charge in [0.1, 0.15) is 11.6 Å². The van der Waals surface area contributed by atoms with Crippen LogP contribution in [0.5, 0.6) is 0 Å². The molecule has 190 valence electrons. The van der Waals surface area contributed by atoms with Crippen LogP contribution in [0.3, 0.4) is 0 Å². The van der Waals surface area contributed by atoms with E-state index < -0.39 is 29.6 Å². The Bertz CT molecular complexity index is 969. The van der Waals surface area contributed by atoms with E-state index in [-0.39, 0.29) is 25.3 Å². The number of benzene rings is 2. The van der Waals surface area contributed by atoms with Crippen LogP contribution in [0.15, 0.2) is 54.6 Å².